The first-order chi connectivity index (χ1) is 11.0. The Balaban J connectivity index is 3.15. The van der Waals surface area contributed by atoms with Crippen LogP contribution in [0.4, 0.5) is 5.69 Å². The van der Waals surface area contributed by atoms with Gasteiger partial charge in [0.1, 0.15) is 0 Å². The van der Waals surface area contributed by atoms with Gasteiger partial charge in [0.05, 0.1) is 6.54 Å². The molecule has 0 aromatic heterocycles. The maximum absolute atomic E-state index is 11.5. The van der Waals surface area contributed by atoms with Gasteiger partial charge >= 0.3 is 0 Å². The maximum atomic E-state index is 11.5. The second kappa shape index (κ2) is 9.03. The third-order valence-corrected chi connectivity index (χ3v) is 4.16. The van der Waals surface area contributed by atoms with E-state index in [-0.39, 0.29) is 0 Å². The van der Waals surface area contributed by atoms with Crippen molar-refractivity contribution in [3.05, 3.63) is 47.7 Å². The number of nitrogens with two attached hydrogens (primary N) is 1. The number of carbonyl (C=O) groups is 1. The normalized spacial score (nSPS) is 12.6. The minimum Gasteiger partial charge on any atom is -0.401 e. The summed E-state index contributed by atoms with van der Waals surface area (Å²) >= 11 is 0. The van der Waals surface area contributed by atoms with Gasteiger partial charge in [0.15, 0.2) is 6.29 Å². The van der Waals surface area contributed by atoms with Crippen molar-refractivity contribution in [3.63, 3.8) is 0 Å². The highest BCUT2D eigenvalue weighted by atomic mass is 16.1. The van der Waals surface area contributed by atoms with Crippen LogP contribution >= 0.6 is 0 Å². The highest BCUT2D eigenvalue weighted by Gasteiger charge is 2.17. The zero-order valence-electron chi connectivity index (χ0n) is 14.7. The first-order valence-corrected chi connectivity index (χ1v) is 8.11. The number of anilines is 1. The molecule has 0 spiro atoms. The van der Waals surface area contributed by atoms with E-state index in [0.717, 1.165) is 41.8 Å². The molecule has 4 heteroatoms. The summed E-state index contributed by atoms with van der Waals surface area (Å²) in [5.41, 5.74) is 9.81. The number of rotatable bonds is 9. The Bertz CT molecular complexity index is 578. The van der Waals surface area contributed by atoms with Crippen molar-refractivity contribution < 1.29 is 4.79 Å². The molecule has 1 aromatic rings. The molecule has 0 amide bonds. The summed E-state index contributed by atoms with van der Waals surface area (Å²) in [6, 6.07) is 6.00. The van der Waals surface area contributed by atoms with Crippen molar-refractivity contribution in [2.24, 2.45) is 5.73 Å². The van der Waals surface area contributed by atoms with Crippen molar-refractivity contribution >= 4 is 17.7 Å². The van der Waals surface area contributed by atoms with Gasteiger partial charge in [-0.05, 0) is 26.3 Å². The fourth-order valence-electron chi connectivity index (χ4n) is 2.49. The van der Waals surface area contributed by atoms with E-state index in [1.165, 1.54) is 0 Å². The van der Waals surface area contributed by atoms with Crippen LogP contribution in [0, 0.1) is 0 Å². The highest BCUT2D eigenvalue weighted by molar-refractivity contribution is 5.90. The van der Waals surface area contributed by atoms with E-state index in [0.29, 0.717) is 18.2 Å². The van der Waals surface area contributed by atoms with Crippen LogP contribution in [0.25, 0.3) is 5.70 Å². The Labute approximate surface area is 140 Å². The fraction of sp³-hybridized carbons (Fsp3) is 0.421. The molecule has 0 heterocycles. The molecule has 1 atom stereocenters. The Hall–Kier alpha value is -2.23. The van der Waals surface area contributed by atoms with Crippen molar-refractivity contribution in [2.75, 3.05) is 18.9 Å². The average Bonchev–Trinajstić information content (AvgIpc) is 2.57. The summed E-state index contributed by atoms with van der Waals surface area (Å²) in [6.45, 7) is 11.0. The molecule has 1 aromatic carbocycles. The minimum atomic E-state index is 0.362. The van der Waals surface area contributed by atoms with Crippen molar-refractivity contribution in [2.45, 2.75) is 39.7 Å². The summed E-state index contributed by atoms with van der Waals surface area (Å²) in [5, 5.41) is 3.31. The van der Waals surface area contributed by atoms with Gasteiger partial charge in [-0.3, -0.25) is 4.79 Å². The first kappa shape index (κ1) is 18.8. The van der Waals surface area contributed by atoms with Crippen LogP contribution in [0.1, 0.15) is 49.5 Å². The quantitative estimate of drug-likeness (QED) is 0.679. The topological polar surface area (TPSA) is 58.4 Å². The number of benzene rings is 1. The molecule has 4 nitrogen and oxygen atoms in total. The van der Waals surface area contributed by atoms with Gasteiger partial charge in [0, 0.05) is 41.3 Å². The highest BCUT2D eigenvalue weighted by Crippen LogP contribution is 2.29. The van der Waals surface area contributed by atoms with Gasteiger partial charge in [-0.2, -0.15) is 0 Å². The number of carbonyl (C=O) groups excluding carboxylic acids is 1. The molecule has 126 valence electrons. The molecular formula is C19H29N3O. The number of nitrogens with one attached hydrogen (secondary N) is 1. The summed E-state index contributed by atoms with van der Waals surface area (Å²) in [5.74, 6) is 0. The van der Waals surface area contributed by atoms with Gasteiger partial charge in [-0.25, -0.2) is 0 Å². The van der Waals surface area contributed by atoms with Crippen LogP contribution in [-0.2, 0) is 0 Å². The Morgan fingerprint density at radius 1 is 1.48 bits per heavy atom. The maximum Gasteiger partial charge on any atom is 0.150 e. The lowest BCUT2D eigenvalue weighted by molar-refractivity contribution is 0.112. The molecule has 0 aliphatic heterocycles. The van der Waals surface area contributed by atoms with E-state index in [9.17, 15) is 4.79 Å². The molecular weight excluding hydrogens is 286 g/mol. The average molecular weight is 315 g/mol. The number of nitrogens with zero attached hydrogens (tertiary/aromatic N) is 1. The predicted octanol–water partition coefficient (Wildman–Crippen LogP) is 3.86. The SMILES string of the molecule is C=C(c1c(C=O)cccc1NC/C(N)=C/C)N(C)C(C)CCC. The van der Waals surface area contributed by atoms with Crippen LogP contribution in [0.2, 0.25) is 0 Å². The number of aldehydes is 1. The van der Waals surface area contributed by atoms with Gasteiger partial charge in [0.25, 0.3) is 0 Å². The molecule has 0 aliphatic carbocycles. The molecule has 0 bridgehead atoms. The second-order valence-electron chi connectivity index (χ2n) is 5.80. The van der Waals surface area contributed by atoms with Gasteiger partial charge < -0.3 is 16.0 Å². The molecule has 0 aliphatic rings. The molecule has 1 unspecified atom stereocenters. The lowest BCUT2D eigenvalue weighted by Gasteiger charge is -2.30. The number of allylic oxidation sites excluding steroid dienone is 1. The third kappa shape index (κ3) is 4.88. The van der Waals surface area contributed by atoms with Crippen LogP contribution < -0.4 is 11.1 Å². The molecule has 0 saturated heterocycles. The monoisotopic (exact) mass is 315 g/mol. The fourth-order valence-corrected chi connectivity index (χ4v) is 2.49. The lowest BCUT2D eigenvalue weighted by Crippen LogP contribution is -2.28. The summed E-state index contributed by atoms with van der Waals surface area (Å²) < 4.78 is 0. The Morgan fingerprint density at radius 3 is 2.74 bits per heavy atom. The number of hydrogen-bond donors (Lipinski definition) is 2. The lowest BCUT2D eigenvalue weighted by atomic mass is 10.0. The van der Waals surface area contributed by atoms with E-state index in [4.69, 9.17) is 5.73 Å². The number of hydrogen-bond acceptors (Lipinski definition) is 4. The zero-order chi connectivity index (χ0) is 17.4. The second-order valence-corrected chi connectivity index (χ2v) is 5.80. The zero-order valence-corrected chi connectivity index (χ0v) is 14.7. The van der Waals surface area contributed by atoms with E-state index in [1.54, 1.807) is 0 Å². The molecule has 0 fully saturated rings. The summed E-state index contributed by atoms with van der Waals surface area (Å²) in [4.78, 5) is 13.6. The van der Waals surface area contributed by atoms with Crippen LogP contribution in [-0.4, -0.2) is 30.8 Å². The molecule has 3 N–H and O–H groups in total. The Kier molecular flexibility index (Phi) is 7.39. The van der Waals surface area contributed by atoms with E-state index in [2.05, 4.69) is 30.6 Å². The predicted molar refractivity (Wildman–Crippen MR) is 99.4 cm³/mol. The smallest absolute Gasteiger partial charge is 0.150 e. The minimum absolute atomic E-state index is 0.362. The van der Waals surface area contributed by atoms with E-state index < -0.39 is 0 Å². The van der Waals surface area contributed by atoms with Gasteiger partial charge in [-0.1, -0.05) is 38.1 Å². The van der Waals surface area contributed by atoms with Gasteiger partial charge in [0.2, 0.25) is 0 Å². The van der Waals surface area contributed by atoms with Crippen molar-refractivity contribution in [1.82, 2.24) is 4.90 Å². The van der Waals surface area contributed by atoms with E-state index in [1.807, 2.05) is 38.2 Å². The van der Waals surface area contributed by atoms with Crippen LogP contribution in [0.5, 0.6) is 0 Å². The first-order valence-electron chi connectivity index (χ1n) is 8.11. The third-order valence-electron chi connectivity index (χ3n) is 4.16. The molecule has 23 heavy (non-hydrogen) atoms. The summed E-state index contributed by atoms with van der Waals surface area (Å²) in [6.07, 6.45) is 4.92. The standard InChI is InChI=1S/C19H29N3O/c1-6-9-14(3)22(5)15(4)19-16(13-23)10-8-11-18(19)21-12-17(20)7-2/h7-8,10-11,13-14,21H,4,6,9,12,20H2,1-3,5H3/b17-7-. The largest absolute Gasteiger partial charge is 0.401 e. The van der Waals surface area contributed by atoms with Crippen LogP contribution in [0.3, 0.4) is 0 Å². The van der Waals surface area contributed by atoms with Crippen LogP contribution in [0.15, 0.2) is 36.6 Å². The van der Waals surface area contributed by atoms with Crippen molar-refractivity contribution in [3.8, 4) is 0 Å². The summed E-state index contributed by atoms with van der Waals surface area (Å²) in [7, 11) is 2.02. The molecule has 1 rings (SSSR count). The van der Waals surface area contributed by atoms with E-state index >= 15 is 0 Å². The molecule has 0 radical (unpaired) electrons. The van der Waals surface area contributed by atoms with Crippen molar-refractivity contribution in [1.29, 1.82) is 0 Å². The van der Waals surface area contributed by atoms with Gasteiger partial charge in [-0.15, -0.1) is 0 Å². The Morgan fingerprint density at radius 2 is 2.17 bits per heavy atom. The molecule has 0 saturated carbocycles.